The van der Waals surface area contributed by atoms with E-state index < -0.39 is 11.2 Å². The average molecular weight is 272 g/mol. The molecule has 5 heteroatoms. The Morgan fingerprint density at radius 1 is 1.44 bits per heavy atom. The van der Waals surface area contributed by atoms with Gasteiger partial charge in [-0.3, -0.25) is 4.79 Å². The normalized spacial score (nSPS) is 12.1. The molecule has 0 fully saturated rings. The molecule has 0 aliphatic heterocycles. The number of carboxylic acid groups (broad SMARTS) is 1. The number of thioether (sulfide) groups is 2. The van der Waals surface area contributed by atoms with Crippen LogP contribution in [0.1, 0.15) is 12.5 Å². The second kappa shape index (κ2) is 6.93. The van der Waals surface area contributed by atoms with Crippen LogP contribution < -0.4 is 0 Å². The molecule has 1 aromatic rings. The van der Waals surface area contributed by atoms with Crippen LogP contribution in [0.2, 0.25) is 0 Å². The van der Waals surface area contributed by atoms with E-state index in [1.165, 1.54) is 29.1 Å². The highest BCUT2D eigenvalue weighted by atomic mass is 32.2. The first-order chi connectivity index (χ1) is 7.59. The molecule has 0 aliphatic rings. The molecule has 0 saturated heterocycles. The van der Waals surface area contributed by atoms with Crippen LogP contribution in [0, 0.1) is 0 Å². The number of aliphatic carboxylic acids is 1. The highest BCUT2D eigenvalue weighted by Gasteiger charge is 2.14. The van der Waals surface area contributed by atoms with Gasteiger partial charge in [-0.25, -0.2) is 0 Å². The quantitative estimate of drug-likeness (QED) is 0.850. The van der Waals surface area contributed by atoms with E-state index in [4.69, 9.17) is 17.3 Å². The Morgan fingerprint density at radius 2 is 2.06 bits per heavy atom. The summed E-state index contributed by atoms with van der Waals surface area (Å²) in [7, 11) is 0. The minimum Gasteiger partial charge on any atom is -0.480 e. The van der Waals surface area contributed by atoms with E-state index in [2.05, 4.69) is 0 Å². The Bertz CT molecular complexity index is 365. The number of hydrogen-bond acceptors (Lipinski definition) is 4. The maximum atomic E-state index is 10.6. The number of benzene rings is 1. The summed E-state index contributed by atoms with van der Waals surface area (Å²) in [6.45, 7) is 1.64. The van der Waals surface area contributed by atoms with E-state index in [0.717, 1.165) is 5.75 Å². The van der Waals surface area contributed by atoms with Gasteiger partial charge in [0.15, 0.2) is 0 Å². The standard InChI is InChI=1S/C11H12O2S3/c1-8(10(12)13)16-11(14)15-7-9-5-3-2-4-6-9/h2-6,8H,7H2,1H3,(H,12,13). The van der Waals surface area contributed by atoms with Crippen LogP contribution in [0.4, 0.5) is 0 Å². The van der Waals surface area contributed by atoms with Gasteiger partial charge in [-0.05, 0) is 12.5 Å². The van der Waals surface area contributed by atoms with Crippen molar-refractivity contribution in [1.29, 1.82) is 0 Å². The van der Waals surface area contributed by atoms with Crippen LogP contribution in [0.5, 0.6) is 0 Å². The Hall–Kier alpha value is -0.520. The SMILES string of the molecule is CC(SC(=S)SCc1ccccc1)C(=O)O. The summed E-state index contributed by atoms with van der Waals surface area (Å²) in [5, 5.41) is 8.25. The van der Waals surface area contributed by atoms with E-state index in [9.17, 15) is 4.79 Å². The molecule has 16 heavy (non-hydrogen) atoms. The van der Waals surface area contributed by atoms with Crippen LogP contribution in [0.25, 0.3) is 0 Å². The molecule has 0 spiro atoms. The van der Waals surface area contributed by atoms with Crippen LogP contribution in [0.15, 0.2) is 30.3 Å². The lowest BCUT2D eigenvalue weighted by Gasteiger charge is -2.06. The first kappa shape index (κ1) is 13.5. The molecule has 0 bridgehead atoms. The van der Waals surface area contributed by atoms with Gasteiger partial charge < -0.3 is 5.11 Å². The molecule has 0 aromatic heterocycles. The molecule has 1 unspecified atom stereocenters. The number of rotatable bonds is 4. The molecular weight excluding hydrogens is 260 g/mol. The van der Waals surface area contributed by atoms with E-state index in [-0.39, 0.29) is 0 Å². The zero-order chi connectivity index (χ0) is 12.0. The molecule has 0 saturated carbocycles. The molecule has 0 amide bonds. The van der Waals surface area contributed by atoms with E-state index in [0.29, 0.717) is 3.53 Å². The van der Waals surface area contributed by atoms with Crippen molar-refractivity contribution < 1.29 is 9.90 Å². The topological polar surface area (TPSA) is 37.3 Å². The first-order valence-electron chi connectivity index (χ1n) is 4.69. The predicted octanol–water partition coefficient (Wildman–Crippen LogP) is 3.41. The summed E-state index contributed by atoms with van der Waals surface area (Å²) in [6, 6.07) is 9.98. The average Bonchev–Trinajstić information content (AvgIpc) is 2.27. The third-order valence-corrected chi connectivity index (χ3v) is 4.57. The molecule has 1 aromatic carbocycles. The van der Waals surface area contributed by atoms with Crippen molar-refractivity contribution >= 4 is 45.2 Å². The second-order valence-corrected chi connectivity index (χ2v) is 6.64. The number of carboxylic acids is 1. The molecule has 0 aliphatic carbocycles. The third kappa shape index (κ3) is 5.01. The van der Waals surface area contributed by atoms with Gasteiger partial charge in [-0.1, -0.05) is 54.3 Å². The van der Waals surface area contributed by atoms with Crippen LogP contribution in [-0.2, 0) is 10.5 Å². The molecule has 0 radical (unpaired) electrons. The summed E-state index contributed by atoms with van der Waals surface area (Å²) >= 11 is 7.84. The van der Waals surface area contributed by atoms with Crippen LogP contribution in [0.3, 0.4) is 0 Å². The molecule has 1 atom stereocenters. The second-order valence-electron chi connectivity index (χ2n) is 3.12. The third-order valence-electron chi connectivity index (χ3n) is 1.82. The van der Waals surface area contributed by atoms with Crippen molar-refractivity contribution in [3.8, 4) is 0 Å². The highest BCUT2D eigenvalue weighted by molar-refractivity contribution is 8.47. The summed E-state index contributed by atoms with van der Waals surface area (Å²) in [5.74, 6) is -0.0356. The number of carbonyl (C=O) groups is 1. The monoisotopic (exact) mass is 272 g/mol. The van der Waals surface area contributed by atoms with Crippen molar-refractivity contribution in [1.82, 2.24) is 0 Å². The van der Waals surface area contributed by atoms with Gasteiger partial charge in [0.25, 0.3) is 0 Å². The fourth-order valence-electron chi connectivity index (χ4n) is 0.945. The minimum atomic E-state index is -0.826. The maximum Gasteiger partial charge on any atom is 0.316 e. The van der Waals surface area contributed by atoms with Gasteiger partial charge in [0.05, 0.1) is 0 Å². The highest BCUT2D eigenvalue weighted by Crippen LogP contribution is 2.24. The van der Waals surface area contributed by atoms with E-state index in [1.54, 1.807) is 6.92 Å². The first-order valence-corrected chi connectivity index (χ1v) is 6.97. The molecular formula is C11H12O2S3. The van der Waals surface area contributed by atoms with Gasteiger partial charge in [-0.2, -0.15) is 0 Å². The maximum absolute atomic E-state index is 10.6. The summed E-state index contributed by atoms with van der Waals surface area (Å²) in [5.41, 5.74) is 1.19. The Labute approximate surface area is 109 Å². The lowest BCUT2D eigenvalue weighted by atomic mass is 10.2. The molecule has 2 nitrogen and oxygen atoms in total. The van der Waals surface area contributed by atoms with Crippen molar-refractivity contribution in [2.45, 2.75) is 17.9 Å². The predicted molar refractivity (Wildman–Crippen MR) is 75.0 cm³/mol. The van der Waals surface area contributed by atoms with E-state index >= 15 is 0 Å². The summed E-state index contributed by atoms with van der Waals surface area (Å²) in [6.07, 6.45) is 0. The van der Waals surface area contributed by atoms with Gasteiger partial charge in [-0.15, -0.1) is 11.8 Å². The summed E-state index contributed by atoms with van der Waals surface area (Å²) < 4.78 is 0.679. The van der Waals surface area contributed by atoms with Gasteiger partial charge in [0, 0.05) is 5.75 Å². The van der Waals surface area contributed by atoms with Crippen molar-refractivity contribution in [2.75, 3.05) is 0 Å². The lowest BCUT2D eigenvalue weighted by molar-refractivity contribution is -0.136. The largest absolute Gasteiger partial charge is 0.480 e. The minimum absolute atomic E-state index is 0.476. The lowest BCUT2D eigenvalue weighted by Crippen LogP contribution is -2.12. The van der Waals surface area contributed by atoms with Crippen molar-refractivity contribution in [3.05, 3.63) is 35.9 Å². The fraction of sp³-hybridized carbons (Fsp3) is 0.273. The van der Waals surface area contributed by atoms with Gasteiger partial charge in [0.2, 0.25) is 0 Å². The van der Waals surface area contributed by atoms with Crippen LogP contribution in [-0.4, -0.2) is 19.9 Å². The van der Waals surface area contributed by atoms with Crippen LogP contribution >= 0.6 is 35.7 Å². The van der Waals surface area contributed by atoms with E-state index in [1.807, 2.05) is 30.3 Å². The molecule has 0 heterocycles. The molecule has 1 rings (SSSR count). The smallest absolute Gasteiger partial charge is 0.316 e. The number of hydrogen-bond donors (Lipinski definition) is 1. The van der Waals surface area contributed by atoms with Crippen molar-refractivity contribution in [3.63, 3.8) is 0 Å². The fourth-order valence-corrected chi connectivity index (χ4v) is 3.30. The van der Waals surface area contributed by atoms with Crippen molar-refractivity contribution in [2.24, 2.45) is 0 Å². The Morgan fingerprint density at radius 3 is 2.62 bits per heavy atom. The zero-order valence-corrected chi connectivity index (χ0v) is 11.2. The van der Waals surface area contributed by atoms with Gasteiger partial charge >= 0.3 is 5.97 Å². The Balaban J connectivity index is 2.33. The summed E-state index contributed by atoms with van der Waals surface area (Å²) in [4.78, 5) is 10.6. The Kier molecular flexibility index (Phi) is 5.87. The molecule has 86 valence electrons. The molecule has 1 N–H and O–H groups in total. The zero-order valence-electron chi connectivity index (χ0n) is 8.75. The number of thiocarbonyl (C=S) groups is 1. The van der Waals surface area contributed by atoms with Gasteiger partial charge in [0.1, 0.15) is 8.78 Å².